The Morgan fingerprint density at radius 1 is 1.00 bits per heavy atom. The lowest BCUT2D eigenvalue weighted by atomic mass is 10.0. The molecule has 0 saturated heterocycles. The summed E-state index contributed by atoms with van der Waals surface area (Å²) in [6, 6.07) is 14.5. The molecule has 0 aliphatic rings. The highest BCUT2D eigenvalue weighted by molar-refractivity contribution is 5.90. The molecule has 20 heavy (non-hydrogen) atoms. The molecule has 0 bridgehead atoms. The van der Waals surface area contributed by atoms with Crippen LogP contribution in [0.1, 0.15) is 18.4 Å². The molecule has 0 spiro atoms. The average Bonchev–Trinajstić information content (AvgIpc) is 2.87. The van der Waals surface area contributed by atoms with Gasteiger partial charge in [0.15, 0.2) is 0 Å². The molecule has 3 heteroatoms. The third-order valence-corrected chi connectivity index (χ3v) is 3.62. The van der Waals surface area contributed by atoms with Crippen molar-refractivity contribution < 1.29 is 0 Å². The van der Waals surface area contributed by atoms with Crippen LogP contribution in [0.15, 0.2) is 48.7 Å². The van der Waals surface area contributed by atoms with Crippen molar-refractivity contribution in [3.8, 4) is 11.4 Å². The predicted molar refractivity (Wildman–Crippen MR) is 83.5 cm³/mol. The highest BCUT2D eigenvalue weighted by Gasteiger charge is 2.12. The molecule has 0 fully saturated rings. The summed E-state index contributed by atoms with van der Waals surface area (Å²) >= 11 is 0. The Balaban J connectivity index is 2.08. The van der Waals surface area contributed by atoms with Crippen LogP contribution in [-0.4, -0.2) is 16.5 Å². The number of aromatic amines is 1. The maximum absolute atomic E-state index is 5.61. The van der Waals surface area contributed by atoms with Gasteiger partial charge in [0, 0.05) is 17.1 Å². The second-order valence-electron chi connectivity index (χ2n) is 4.98. The van der Waals surface area contributed by atoms with E-state index in [0.29, 0.717) is 0 Å². The topological polar surface area (TPSA) is 54.7 Å². The third-order valence-electron chi connectivity index (χ3n) is 3.62. The molecular weight excluding hydrogens is 246 g/mol. The van der Waals surface area contributed by atoms with Gasteiger partial charge in [-0.25, -0.2) is 0 Å². The van der Waals surface area contributed by atoms with E-state index < -0.39 is 0 Å². The van der Waals surface area contributed by atoms with Crippen molar-refractivity contribution in [3.05, 3.63) is 54.2 Å². The molecule has 0 radical (unpaired) electrons. The van der Waals surface area contributed by atoms with Crippen LogP contribution in [0.2, 0.25) is 0 Å². The lowest BCUT2D eigenvalue weighted by Gasteiger charge is -2.04. The van der Waals surface area contributed by atoms with Gasteiger partial charge in [0.25, 0.3) is 0 Å². The smallest absolute Gasteiger partial charge is 0.0867 e. The van der Waals surface area contributed by atoms with Gasteiger partial charge in [0.1, 0.15) is 0 Å². The average molecular weight is 265 g/mol. The minimum Gasteiger partial charge on any atom is -0.353 e. The first-order valence-electron chi connectivity index (χ1n) is 7.11. The number of para-hydroxylation sites is 1. The highest BCUT2D eigenvalue weighted by Crippen LogP contribution is 2.30. The van der Waals surface area contributed by atoms with E-state index in [0.717, 1.165) is 37.2 Å². The molecule has 0 aliphatic heterocycles. The predicted octanol–water partition coefficient (Wildman–Crippen LogP) is 3.51. The standard InChI is InChI=1S/C17H19N3/c18-11-5-3-8-14-13-7-1-2-9-15(13)20-17(14)16-10-4-6-12-19-16/h1-2,4,6-7,9-10,12,20H,3,5,8,11,18H2. The van der Waals surface area contributed by atoms with Gasteiger partial charge >= 0.3 is 0 Å². The largest absolute Gasteiger partial charge is 0.353 e. The van der Waals surface area contributed by atoms with Crippen molar-refractivity contribution in [1.82, 2.24) is 9.97 Å². The molecule has 0 atom stereocenters. The van der Waals surface area contributed by atoms with Crippen LogP contribution in [0.3, 0.4) is 0 Å². The second kappa shape index (κ2) is 5.88. The fourth-order valence-electron chi connectivity index (χ4n) is 2.64. The van der Waals surface area contributed by atoms with Gasteiger partial charge in [-0.1, -0.05) is 24.3 Å². The van der Waals surface area contributed by atoms with Crippen molar-refractivity contribution in [2.75, 3.05) is 6.54 Å². The number of nitrogens with one attached hydrogen (secondary N) is 1. The number of nitrogens with two attached hydrogens (primary N) is 1. The molecule has 2 heterocycles. The van der Waals surface area contributed by atoms with Crippen LogP contribution >= 0.6 is 0 Å². The van der Waals surface area contributed by atoms with E-state index in [2.05, 4.69) is 40.3 Å². The molecule has 0 unspecified atom stereocenters. The molecule has 3 rings (SSSR count). The Bertz CT molecular complexity index is 686. The normalized spacial score (nSPS) is 11.1. The fraction of sp³-hybridized carbons (Fsp3) is 0.235. The quantitative estimate of drug-likeness (QED) is 0.694. The zero-order valence-corrected chi connectivity index (χ0v) is 11.5. The maximum atomic E-state index is 5.61. The summed E-state index contributed by atoms with van der Waals surface area (Å²) in [5.41, 5.74) is 10.3. The number of fused-ring (bicyclic) bond motifs is 1. The van der Waals surface area contributed by atoms with Gasteiger partial charge in [0.05, 0.1) is 11.4 Å². The first-order valence-corrected chi connectivity index (χ1v) is 7.11. The summed E-state index contributed by atoms with van der Waals surface area (Å²) in [7, 11) is 0. The Hall–Kier alpha value is -2.13. The summed E-state index contributed by atoms with van der Waals surface area (Å²) in [6.07, 6.45) is 5.04. The van der Waals surface area contributed by atoms with Gasteiger partial charge in [-0.05, 0) is 49.6 Å². The number of aromatic nitrogens is 2. The van der Waals surface area contributed by atoms with Crippen molar-refractivity contribution in [1.29, 1.82) is 0 Å². The van der Waals surface area contributed by atoms with Crippen molar-refractivity contribution in [2.24, 2.45) is 5.73 Å². The summed E-state index contributed by atoms with van der Waals surface area (Å²) in [5.74, 6) is 0. The first-order chi connectivity index (χ1) is 9.90. The van der Waals surface area contributed by atoms with E-state index in [1.165, 1.54) is 16.5 Å². The molecule has 3 N–H and O–H groups in total. The second-order valence-corrected chi connectivity index (χ2v) is 4.98. The molecule has 0 amide bonds. The van der Waals surface area contributed by atoms with Gasteiger partial charge < -0.3 is 10.7 Å². The Morgan fingerprint density at radius 3 is 2.65 bits per heavy atom. The van der Waals surface area contributed by atoms with Crippen LogP contribution in [0.25, 0.3) is 22.3 Å². The maximum Gasteiger partial charge on any atom is 0.0867 e. The number of aryl methyl sites for hydroxylation is 1. The lowest BCUT2D eigenvalue weighted by Crippen LogP contribution is -1.99. The minimum absolute atomic E-state index is 0.751. The molecule has 3 nitrogen and oxygen atoms in total. The van der Waals surface area contributed by atoms with Crippen molar-refractivity contribution in [2.45, 2.75) is 19.3 Å². The highest BCUT2D eigenvalue weighted by atomic mass is 14.8. The molecule has 3 aromatic rings. The summed E-state index contributed by atoms with van der Waals surface area (Å²) < 4.78 is 0. The summed E-state index contributed by atoms with van der Waals surface area (Å²) in [5, 5.41) is 1.30. The van der Waals surface area contributed by atoms with Crippen LogP contribution in [0, 0.1) is 0 Å². The minimum atomic E-state index is 0.751. The SMILES string of the molecule is NCCCCc1c(-c2ccccn2)[nH]c2ccccc12. The van der Waals surface area contributed by atoms with E-state index >= 15 is 0 Å². The number of nitrogens with zero attached hydrogens (tertiary/aromatic N) is 1. The zero-order chi connectivity index (χ0) is 13.8. The number of H-pyrrole nitrogens is 1. The van der Waals surface area contributed by atoms with Crippen LogP contribution in [0.4, 0.5) is 0 Å². The fourth-order valence-corrected chi connectivity index (χ4v) is 2.64. The Kier molecular flexibility index (Phi) is 3.79. The van der Waals surface area contributed by atoms with Gasteiger partial charge in [-0.2, -0.15) is 0 Å². The van der Waals surface area contributed by atoms with Gasteiger partial charge in [-0.15, -0.1) is 0 Å². The molecule has 102 valence electrons. The van der Waals surface area contributed by atoms with Crippen LogP contribution < -0.4 is 5.73 Å². The molecular formula is C17H19N3. The molecule has 0 aliphatic carbocycles. The van der Waals surface area contributed by atoms with E-state index in [9.17, 15) is 0 Å². The Labute approximate surface area is 118 Å². The number of unbranched alkanes of at least 4 members (excludes halogenated alkanes) is 1. The molecule has 1 aromatic carbocycles. The van der Waals surface area contributed by atoms with Gasteiger partial charge in [-0.3, -0.25) is 4.98 Å². The number of benzene rings is 1. The lowest BCUT2D eigenvalue weighted by molar-refractivity contribution is 0.748. The van der Waals surface area contributed by atoms with Crippen LogP contribution in [0.5, 0.6) is 0 Å². The number of rotatable bonds is 5. The molecule has 0 saturated carbocycles. The summed E-state index contributed by atoms with van der Waals surface area (Å²) in [4.78, 5) is 7.99. The number of pyridine rings is 1. The summed E-state index contributed by atoms with van der Waals surface area (Å²) in [6.45, 7) is 0.751. The number of hydrogen-bond donors (Lipinski definition) is 2. The van der Waals surface area contributed by atoms with E-state index in [1.54, 1.807) is 0 Å². The van der Waals surface area contributed by atoms with Gasteiger partial charge in [0.2, 0.25) is 0 Å². The van der Waals surface area contributed by atoms with Crippen molar-refractivity contribution >= 4 is 10.9 Å². The first kappa shape index (κ1) is 12.9. The van der Waals surface area contributed by atoms with Crippen LogP contribution in [-0.2, 0) is 6.42 Å². The zero-order valence-electron chi connectivity index (χ0n) is 11.5. The number of hydrogen-bond acceptors (Lipinski definition) is 2. The van der Waals surface area contributed by atoms with E-state index in [1.807, 2.05) is 18.3 Å². The third kappa shape index (κ3) is 2.45. The Morgan fingerprint density at radius 2 is 1.85 bits per heavy atom. The molecule has 2 aromatic heterocycles. The monoisotopic (exact) mass is 265 g/mol. The van der Waals surface area contributed by atoms with E-state index in [4.69, 9.17) is 5.73 Å². The van der Waals surface area contributed by atoms with E-state index in [-0.39, 0.29) is 0 Å². The van der Waals surface area contributed by atoms with Crippen molar-refractivity contribution in [3.63, 3.8) is 0 Å².